The second-order valence-corrected chi connectivity index (χ2v) is 6.39. The van der Waals surface area contributed by atoms with E-state index >= 15 is 0 Å². The van der Waals surface area contributed by atoms with Crippen molar-refractivity contribution in [2.24, 2.45) is 5.73 Å². The number of nitrogens with two attached hydrogens (primary N) is 1. The van der Waals surface area contributed by atoms with E-state index in [1.165, 1.54) is 18.0 Å². The number of rotatable bonds is 8. The Labute approximate surface area is 114 Å². The molecule has 0 atom stereocenters. The van der Waals surface area contributed by atoms with Crippen molar-refractivity contribution in [2.45, 2.75) is 5.75 Å². The van der Waals surface area contributed by atoms with Crippen LogP contribution in [0.2, 0.25) is 0 Å². The standard InChI is InChI=1S/C10H15N2O5PS/c11-10(13)9-3-8(4-12-5-9)6-19-2-1-17-7-18(14,15)16/h3-5H,1-2,6-7H2,(H2,11,13)(H2,14,15,16). The second kappa shape index (κ2) is 7.62. The van der Waals surface area contributed by atoms with Crippen molar-refractivity contribution < 1.29 is 23.9 Å². The molecular weight excluding hydrogens is 291 g/mol. The summed E-state index contributed by atoms with van der Waals surface area (Å²) in [5, 5.41) is 0. The Morgan fingerprint density at radius 3 is 2.84 bits per heavy atom. The average molecular weight is 306 g/mol. The van der Waals surface area contributed by atoms with E-state index in [1.807, 2.05) is 0 Å². The van der Waals surface area contributed by atoms with Crippen LogP contribution in [0, 0.1) is 0 Å². The summed E-state index contributed by atoms with van der Waals surface area (Å²) < 4.78 is 15.3. The molecule has 0 bridgehead atoms. The fourth-order valence-electron chi connectivity index (χ4n) is 1.19. The zero-order chi connectivity index (χ0) is 14.3. The van der Waals surface area contributed by atoms with Crippen LogP contribution < -0.4 is 5.73 Å². The topological polar surface area (TPSA) is 123 Å². The Morgan fingerprint density at radius 2 is 2.21 bits per heavy atom. The van der Waals surface area contributed by atoms with Gasteiger partial charge in [-0.05, 0) is 11.6 Å². The van der Waals surface area contributed by atoms with Gasteiger partial charge in [0.15, 0.2) is 0 Å². The van der Waals surface area contributed by atoms with Gasteiger partial charge in [-0.1, -0.05) is 0 Å². The third-order valence-corrected chi connectivity index (χ3v) is 3.49. The third kappa shape index (κ3) is 7.29. The molecule has 0 saturated heterocycles. The minimum absolute atomic E-state index is 0.249. The third-order valence-electron chi connectivity index (χ3n) is 1.98. The molecule has 9 heteroatoms. The molecule has 0 aliphatic carbocycles. The molecule has 7 nitrogen and oxygen atoms in total. The quantitative estimate of drug-likeness (QED) is 0.474. The first-order valence-corrected chi connectivity index (χ1v) is 8.27. The minimum atomic E-state index is -4.08. The molecule has 1 amide bonds. The van der Waals surface area contributed by atoms with E-state index in [1.54, 1.807) is 12.3 Å². The highest BCUT2D eigenvalue weighted by Crippen LogP contribution is 2.33. The molecule has 0 aliphatic heterocycles. The van der Waals surface area contributed by atoms with E-state index in [9.17, 15) is 9.36 Å². The van der Waals surface area contributed by atoms with Crippen LogP contribution in [0.25, 0.3) is 0 Å². The van der Waals surface area contributed by atoms with Gasteiger partial charge in [0.25, 0.3) is 0 Å². The molecule has 19 heavy (non-hydrogen) atoms. The predicted octanol–water partition coefficient (Wildman–Crippen LogP) is 0.565. The molecule has 1 aromatic heterocycles. The number of nitrogens with zero attached hydrogens (tertiary/aromatic N) is 1. The molecule has 0 radical (unpaired) electrons. The van der Waals surface area contributed by atoms with Gasteiger partial charge in [0.1, 0.15) is 6.35 Å². The molecule has 0 saturated carbocycles. The smallest absolute Gasteiger partial charge is 0.350 e. The number of carbonyl (C=O) groups is 1. The lowest BCUT2D eigenvalue weighted by Crippen LogP contribution is -2.11. The number of ether oxygens (including phenoxy) is 1. The average Bonchev–Trinajstić information content (AvgIpc) is 2.32. The van der Waals surface area contributed by atoms with Crippen molar-refractivity contribution in [1.29, 1.82) is 0 Å². The lowest BCUT2D eigenvalue weighted by atomic mass is 10.2. The maximum Gasteiger partial charge on any atom is 0.350 e. The summed E-state index contributed by atoms with van der Waals surface area (Å²) in [5.74, 6) is 0.679. The summed E-state index contributed by atoms with van der Waals surface area (Å²) in [4.78, 5) is 32.0. The summed E-state index contributed by atoms with van der Waals surface area (Å²) in [5.41, 5.74) is 6.35. The van der Waals surface area contributed by atoms with Gasteiger partial charge in [-0.25, -0.2) is 0 Å². The Balaban J connectivity index is 2.24. The van der Waals surface area contributed by atoms with Crippen LogP contribution in [0.5, 0.6) is 0 Å². The fourth-order valence-corrected chi connectivity index (χ4v) is 2.33. The maximum atomic E-state index is 10.9. The van der Waals surface area contributed by atoms with Crippen LogP contribution in [-0.2, 0) is 15.1 Å². The van der Waals surface area contributed by atoms with Gasteiger partial charge in [0.05, 0.1) is 12.2 Å². The first-order chi connectivity index (χ1) is 8.88. The van der Waals surface area contributed by atoms with E-state index in [0.717, 1.165) is 5.56 Å². The van der Waals surface area contributed by atoms with Gasteiger partial charge in [0.2, 0.25) is 5.91 Å². The van der Waals surface area contributed by atoms with Crippen LogP contribution in [-0.4, -0.2) is 39.4 Å². The van der Waals surface area contributed by atoms with Crippen LogP contribution in [0.1, 0.15) is 15.9 Å². The zero-order valence-electron chi connectivity index (χ0n) is 10.1. The van der Waals surface area contributed by atoms with Gasteiger partial charge < -0.3 is 20.3 Å². The van der Waals surface area contributed by atoms with Crippen LogP contribution in [0.15, 0.2) is 18.5 Å². The monoisotopic (exact) mass is 306 g/mol. The van der Waals surface area contributed by atoms with Gasteiger partial charge in [0, 0.05) is 23.9 Å². The van der Waals surface area contributed by atoms with E-state index in [2.05, 4.69) is 4.98 Å². The van der Waals surface area contributed by atoms with E-state index in [4.69, 9.17) is 20.3 Å². The lowest BCUT2D eigenvalue weighted by molar-refractivity contribution is 0.1000. The summed E-state index contributed by atoms with van der Waals surface area (Å²) in [7, 11) is -4.08. The molecule has 1 aromatic rings. The molecule has 0 aromatic carbocycles. The number of thioether (sulfide) groups is 1. The Bertz CT molecular complexity index is 479. The molecular formula is C10H15N2O5PS. The number of hydrogen-bond donors (Lipinski definition) is 3. The predicted molar refractivity (Wildman–Crippen MR) is 71.8 cm³/mol. The molecule has 106 valence electrons. The molecule has 0 unspecified atom stereocenters. The van der Waals surface area contributed by atoms with Gasteiger partial charge >= 0.3 is 7.60 Å². The van der Waals surface area contributed by atoms with Gasteiger partial charge in [-0.3, -0.25) is 14.3 Å². The minimum Gasteiger partial charge on any atom is -0.368 e. The largest absolute Gasteiger partial charge is 0.368 e. The van der Waals surface area contributed by atoms with Crippen molar-refractivity contribution in [1.82, 2.24) is 4.98 Å². The Morgan fingerprint density at radius 1 is 1.47 bits per heavy atom. The molecule has 0 fully saturated rings. The number of carbonyl (C=O) groups excluding carboxylic acids is 1. The molecule has 0 spiro atoms. The SMILES string of the molecule is NC(=O)c1cncc(CSCCOCP(=O)(O)O)c1. The Hall–Kier alpha value is -0.920. The summed E-state index contributed by atoms with van der Waals surface area (Å²) in [6.07, 6.45) is 2.47. The van der Waals surface area contributed by atoms with Crippen LogP contribution in [0.3, 0.4) is 0 Å². The van der Waals surface area contributed by atoms with Crippen LogP contribution >= 0.6 is 19.4 Å². The second-order valence-electron chi connectivity index (χ2n) is 3.70. The fraction of sp³-hybridized carbons (Fsp3) is 0.400. The van der Waals surface area contributed by atoms with Crippen molar-refractivity contribution >= 4 is 25.3 Å². The number of amides is 1. The highest BCUT2D eigenvalue weighted by Gasteiger charge is 2.11. The molecule has 1 rings (SSSR count). The number of aromatic nitrogens is 1. The summed E-state index contributed by atoms with van der Waals surface area (Å²) in [6.45, 7) is 0.249. The maximum absolute atomic E-state index is 10.9. The number of hydrogen-bond acceptors (Lipinski definition) is 5. The van der Waals surface area contributed by atoms with Crippen molar-refractivity contribution in [3.63, 3.8) is 0 Å². The highest BCUT2D eigenvalue weighted by atomic mass is 32.2. The first-order valence-electron chi connectivity index (χ1n) is 5.32. The summed E-state index contributed by atoms with van der Waals surface area (Å²) in [6, 6.07) is 1.67. The lowest BCUT2D eigenvalue weighted by Gasteiger charge is -2.06. The number of pyridine rings is 1. The van der Waals surface area contributed by atoms with Crippen molar-refractivity contribution in [3.8, 4) is 0 Å². The van der Waals surface area contributed by atoms with Gasteiger partial charge in [-0.2, -0.15) is 11.8 Å². The Kier molecular flexibility index (Phi) is 6.47. The van der Waals surface area contributed by atoms with Crippen LogP contribution in [0.4, 0.5) is 0 Å². The highest BCUT2D eigenvalue weighted by molar-refractivity contribution is 7.98. The van der Waals surface area contributed by atoms with Crippen molar-refractivity contribution in [2.75, 3.05) is 18.7 Å². The zero-order valence-corrected chi connectivity index (χ0v) is 11.8. The van der Waals surface area contributed by atoms with Crippen molar-refractivity contribution in [3.05, 3.63) is 29.6 Å². The molecule has 0 aliphatic rings. The van der Waals surface area contributed by atoms with E-state index in [-0.39, 0.29) is 6.61 Å². The molecule has 4 N–H and O–H groups in total. The van der Waals surface area contributed by atoms with Gasteiger partial charge in [-0.15, -0.1) is 0 Å². The summed E-state index contributed by atoms with van der Waals surface area (Å²) >= 11 is 1.51. The van der Waals surface area contributed by atoms with E-state index in [0.29, 0.717) is 17.1 Å². The first kappa shape index (κ1) is 16.1. The normalized spacial score (nSPS) is 11.5. The number of primary amides is 1. The van der Waals surface area contributed by atoms with E-state index < -0.39 is 19.9 Å². The molecule has 1 heterocycles.